The summed E-state index contributed by atoms with van der Waals surface area (Å²) in [5.74, 6) is -0.323. The van der Waals surface area contributed by atoms with Gasteiger partial charge in [0.1, 0.15) is 15.6 Å². The molecule has 0 saturated heterocycles. The van der Waals surface area contributed by atoms with Gasteiger partial charge in [0.25, 0.3) is 0 Å². The van der Waals surface area contributed by atoms with Gasteiger partial charge < -0.3 is 4.74 Å². The van der Waals surface area contributed by atoms with Crippen molar-refractivity contribution in [2.45, 2.75) is 40.2 Å². The Morgan fingerprint density at radius 1 is 1.41 bits per heavy atom. The molecule has 0 N–H and O–H groups in total. The number of carbonyl (C=O) groups is 1. The lowest BCUT2D eigenvalue weighted by Gasteiger charge is -2.17. The van der Waals surface area contributed by atoms with Gasteiger partial charge in [-0.25, -0.2) is 14.5 Å². The number of hydrogen-bond donors (Lipinski definition) is 0. The Morgan fingerprint density at radius 2 is 2.14 bits per heavy atom. The molecule has 2 rings (SSSR count). The molecule has 0 aliphatic rings. The third kappa shape index (κ3) is 3.79. The molecule has 0 aliphatic carbocycles. The Hall–Kier alpha value is -2.02. The lowest BCUT2D eigenvalue weighted by molar-refractivity contribution is 0.0531. The second kappa shape index (κ2) is 6.39. The second-order valence-electron chi connectivity index (χ2n) is 5.78. The molecule has 6 nitrogen and oxygen atoms in total. The fourth-order valence-corrected chi connectivity index (χ4v) is 2.58. The van der Waals surface area contributed by atoms with Gasteiger partial charge in [-0.05, 0) is 46.8 Å². The molecule has 2 aromatic heterocycles. The Kier molecular flexibility index (Phi) is 4.75. The Balaban J connectivity index is 2.15. The molecule has 0 unspecified atom stereocenters. The summed E-state index contributed by atoms with van der Waals surface area (Å²) in [4.78, 5) is 16.7. The molecular formula is C15H20N4O2S. The number of aryl methyl sites for hydroxylation is 1. The van der Waals surface area contributed by atoms with Crippen LogP contribution in [0.2, 0.25) is 0 Å². The van der Waals surface area contributed by atoms with Gasteiger partial charge in [0.05, 0.1) is 24.0 Å². The molecule has 0 amide bonds. The number of rotatable bonds is 4. The van der Waals surface area contributed by atoms with Crippen LogP contribution >= 0.6 is 11.3 Å². The zero-order valence-corrected chi connectivity index (χ0v) is 14.3. The second-order valence-corrected chi connectivity index (χ2v) is 6.81. The summed E-state index contributed by atoms with van der Waals surface area (Å²) in [5.41, 5.74) is 1.33. The number of esters is 1. The van der Waals surface area contributed by atoms with Crippen LogP contribution in [0.1, 0.15) is 53.8 Å². The molecule has 0 aliphatic heterocycles. The van der Waals surface area contributed by atoms with E-state index in [1.807, 2.05) is 23.0 Å². The average molecular weight is 320 g/mol. The molecule has 0 atom stereocenters. The van der Waals surface area contributed by atoms with Gasteiger partial charge in [-0.2, -0.15) is 0 Å². The Bertz CT molecular complexity index is 695. The van der Waals surface area contributed by atoms with Crippen LogP contribution < -0.4 is 0 Å². The van der Waals surface area contributed by atoms with E-state index in [2.05, 4.69) is 36.1 Å². The first-order valence-electron chi connectivity index (χ1n) is 7.06. The van der Waals surface area contributed by atoms with E-state index in [1.165, 1.54) is 11.3 Å². The number of nitrogens with zero attached hydrogens (tertiary/aromatic N) is 4. The van der Waals surface area contributed by atoms with Gasteiger partial charge in [-0.3, -0.25) is 0 Å². The molecule has 118 valence electrons. The quantitative estimate of drug-likeness (QED) is 0.809. The first-order valence-corrected chi connectivity index (χ1v) is 7.88. The van der Waals surface area contributed by atoms with E-state index in [4.69, 9.17) is 4.74 Å². The Morgan fingerprint density at radius 3 is 2.73 bits per heavy atom. The summed E-state index contributed by atoms with van der Waals surface area (Å²) >= 11 is 1.31. The van der Waals surface area contributed by atoms with Crippen molar-refractivity contribution in [2.24, 2.45) is 0 Å². The minimum absolute atomic E-state index is 0.103. The maximum atomic E-state index is 11.8. The van der Waals surface area contributed by atoms with E-state index in [-0.39, 0.29) is 11.5 Å². The van der Waals surface area contributed by atoms with E-state index < -0.39 is 0 Å². The van der Waals surface area contributed by atoms with E-state index >= 15 is 0 Å². The molecule has 2 heterocycles. The highest BCUT2D eigenvalue weighted by atomic mass is 32.1. The maximum absolute atomic E-state index is 11.8. The largest absolute Gasteiger partial charge is 0.462 e. The van der Waals surface area contributed by atoms with Crippen LogP contribution in [0.4, 0.5) is 0 Å². The summed E-state index contributed by atoms with van der Waals surface area (Å²) in [7, 11) is 0. The number of ether oxygens (including phenoxy) is 1. The predicted molar refractivity (Wildman–Crippen MR) is 86.8 cm³/mol. The fraction of sp³-hybridized carbons (Fsp3) is 0.467. The minimum Gasteiger partial charge on any atom is -0.462 e. The number of thiazole rings is 1. The zero-order chi connectivity index (χ0) is 16.3. The highest BCUT2D eigenvalue weighted by molar-refractivity contribution is 7.14. The molecule has 0 bridgehead atoms. The topological polar surface area (TPSA) is 69.9 Å². The van der Waals surface area contributed by atoms with Crippen molar-refractivity contribution in [3.05, 3.63) is 27.5 Å². The van der Waals surface area contributed by atoms with Crippen molar-refractivity contribution in [1.82, 2.24) is 20.0 Å². The molecule has 22 heavy (non-hydrogen) atoms. The number of aromatic nitrogens is 4. The van der Waals surface area contributed by atoms with Crippen molar-refractivity contribution in [3.8, 4) is 0 Å². The molecule has 0 radical (unpaired) electrons. The first-order chi connectivity index (χ1) is 10.3. The molecule has 7 heteroatoms. The van der Waals surface area contributed by atoms with Crippen LogP contribution in [0.3, 0.4) is 0 Å². The van der Waals surface area contributed by atoms with E-state index in [1.54, 1.807) is 13.8 Å². The summed E-state index contributed by atoms with van der Waals surface area (Å²) in [6, 6.07) is 0. The van der Waals surface area contributed by atoms with Crippen LogP contribution in [-0.4, -0.2) is 32.6 Å². The Labute approximate surface area is 133 Å². The number of hydrogen-bond acceptors (Lipinski definition) is 6. The standard InChI is InChI=1S/C15H20N4O2S/c1-6-21-14(20)13-10(2)16-12(22-13)8-7-11-9-19(18-17-11)15(3,4)5/h7-9H,6H2,1-5H3. The monoisotopic (exact) mass is 320 g/mol. The van der Waals surface area contributed by atoms with Crippen LogP contribution in [0.25, 0.3) is 12.2 Å². The van der Waals surface area contributed by atoms with Crippen LogP contribution in [0.5, 0.6) is 0 Å². The maximum Gasteiger partial charge on any atom is 0.350 e. The van der Waals surface area contributed by atoms with Crippen LogP contribution in [-0.2, 0) is 10.3 Å². The molecule has 0 fully saturated rings. The normalized spacial score (nSPS) is 12.0. The van der Waals surface area contributed by atoms with Gasteiger partial charge in [-0.1, -0.05) is 5.21 Å². The average Bonchev–Trinajstić information content (AvgIpc) is 3.02. The highest BCUT2D eigenvalue weighted by Gasteiger charge is 2.16. The minimum atomic E-state index is -0.323. The summed E-state index contributed by atoms with van der Waals surface area (Å²) in [6.07, 6.45) is 5.54. The van der Waals surface area contributed by atoms with E-state index in [0.29, 0.717) is 17.2 Å². The zero-order valence-electron chi connectivity index (χ0n) is 13.5. The smallest absolute Gasteiger partial charge is 0.350 e. The van der Waals surface area contributed by atoms with Crippen LogP contribution in [0, 0.1) is 6.92 Å². The van der Waals surface area contributed by atoms with Crippen molar-refractivity contribution in [1.29, 1.82) is 0 Å². The molecule has 0 saturated carbocycles. The third-order valence-electron chi connectivity index (χ3n) is 2.87. The summed E-state index contributed by atoms with van der Waals surface area (Å²) < 4.78 is 6.82. The molecule has 2 aromatic rings. The lowest BCUT2D eigenvalue weighted by Crippen LogP contribution is -2.22. The van der Waals surface area contributed by atoms with Gasteiger partial charge in [0.2, 0.25) is 0 Å². The van der Waals surface area contributed by atoms with Gasteiger partial charge in [-0.15, -0.1) is 16.4 Å². The molecule has 0 spiro atoms. The highest BCUT2D eigenvalue weighted by Crippen LogP contribution is 2.21. The van der Waals surface area contributed by atoms with E-state index in [0.717, 1.165) is 10.7 Å². The molecular weight excluding hydrogens is 300 g/mol. The third-order valence-corrected chi connectivity index (χ3v) is 3.97. The van der Waals surface area contributed by atoms with Crippen molar-refractivity contribution >= 4 is 29.5 Å². The summed E-state index contributed by atoms with van der Waals surface area (Å²) in [5, 5.41) is 8.94. The van der Waals surface area contributed by atoms with Crippen LogP contribution in [0.15, 0.2) is 6.20 Å². The van der Waals surface area contributed by atoms with Gasteiger partial charge >= 0.3 is 5.97 Å². The first kappa shape index (κ1) is 16.4. The van der Waals surface area contributed by atoms with Crippen molar-refractivity contribution < 1.29 is 9.53 Å². The van der Waals surface area contributed by atoms with Gasteiger partial charge in [0, 0.05) is 0 Å². The van der Waals surface area contributed by atoms with Crippen molar-refractivity contribution in [2.75, 3.05) is 6.61 Å². The fourth-order valence-electron chi connectivity index (χ4n) is 1.71. The predicted octanol–water partition coefficient (Wildman–Crippen LogP) is 3.15. The summed E-state index contributed by atoms with van der Waals surface area (Å²) in [6.45, 7) is 10.1. The van der Waals surface area contributed by atoms with Crippen molar-refractivity contribution in [3.63, 3.8) is 0 Å². The van der Waals surface area contributed by atoms with Gasteiger partial charge in [0.15, 0.2) is 0 Å². The number of carbonyl (C=O) groups excluding carboxylic acids is 1. The molecule has 0 aromatic carbocycles. The lowest BCUT2D eigenvalue weighted by atomic mass is 10.1. The SMILES string of the molecule is CCOC(=O)c1sc(C=Cc2cn(C(C)(C)C)nn2)nc1C. The van der Waals surface area contributed by atoms with E-state index in [9.17, 15) is 4.79 Å².